The van der Waals surface area contributed by atoms with Crippen LogP contribution in [0.1, 0.15) is 64.1 Å². The second-order valence-corrected chi connectivity index (χ2v) is 6.66. The molecule has 1 heterocycles. The lowest BCUT2D eigenvalue weighted by Gasteiger charge is -2.27. The SMILES string of the molecule is CCCn1nncc1C(CC1CC2CCC1C2)NCC. The summed E-state index contributed by atoms with van der Waals surface area (Å²) in [7, 11) is 0. The highest BCUT2D eigenvalue weighted by atomic mass is 15.4. The largest absolute Gasteiger partial charge is 0.309 e. The molecule has 4 unspecified atom stereocenters. The Hall–Kier alpha value is -0.900. The van der Waals surface area contributed by atoms with Gasteiger partial charge in [-0.05, 0) is 56.4 Å². The zero-order valence-electron chi connectivity index (χ0n) is 12.9. The fourth-order valence-corrected chi connectivity index (χ4v) is 4.44. The molecule has 2 aliphatic carbocycles. The maximum Gasteiger partial charge on any atom is 0.0756 e. The molecule has 0 spiro atoms. The van der Waals surface area contributed by atoms with Gasteiger partial charge in [-0.25, -0.2) is 4.68 Å². The lowest BCUT2D eigenvalue weighted by atomic mass is 9.83. The Bertz CT molecular complexity index is 428. The van der Waals surface area contributed by atoms with E-state index in [-0.39, 0.29) is 0 Å². The van der Waals surface area contributed by atoms with Gasteiger partial charge in [0.2, 0.25) is 0 Å². The number of nitrogens with one attached hydrogen (secondary N) is 1. The average Bonchev–Trinajstić information content (AvgIpc) is 3.14. The normalized spacial score (nSPS) is 30.0. The molecule has 2 saturated carbocycles. The predicted octanol–water partition coefficient (Wildman–Crippen LogP) is 3.17. The fourth-order valence-electron chi connectivity index (χ4n) is 4.44. The van der Waals surface area contributed by atoms with E-state index in [9.17, 15) is 0 Å². The molecule has 4 nitrogen and oxygen atoms in total. The molecule has 0 amide bonds. The van der Waals surface area contributed by atoms with Crippen LogP contribution in [0.15, 0.2) is 6.20 Å². The summed E-state index contributed by atoms with van der Waals surface area (Å²) in [5.41, 5.74) is 1.29. The van der Waals surface area contributed by atoms with Crippen LogP contribution in [-0.2, 0) is 6.54 Å². The van der Waals surface area contributed by atoms with Crippen molar-refractivity contribution in [3.05, 3.63) is 11.9 Å². The van der Waals surface area contributed by atoms with Crippen LogP contribution in [0.3, 0.4) is 0 Å². The minimum Gasteiger partial charge on any atom is -0.309 e. The van der Waals surface area contributed by atoms with Gasteiger partial charge in [0, 0.05) is 6.54 Å². The summed E-state index contributed by atoms with van der Waals surface area (Å²) in [6, 6.07) is 0.436. The molecule has 1 aromatic rings. The maximum atomic E-state index is 4.26. The summed E-state index contributed by atoms with van der Waals surface area (Å²) in [6.45, 7) is 6.39. The molecule has 2 aliphatic rings. The third-order valence-electron chi connectivity index (χ3n) is 5.31. The molecular formula is C16H28N4. The smallest absolute Gasteiger partial charge is 0.0756 e. The Labute approximate surface area is 122 Å². The van der Waals surface area contributed by atoms with E-state index < -0.39 is 0 Å². The van der Waals surface area contributed by atoms with Gasteiger partial charge in [-0.15, -0.1) is 5.10 Å². The summed E-state index contributed by atoms with van der Waals surface area (Å²) in [6.07, 6.45) is 10.3. The summed E-state index contributed by atoms with van der Waals surface area (Å²) >= 11 is 0. The zero-order valence-corrected chi connectivity index (χ0v) is 12.9. The van der Waals surface area contributed by atoms with Crippen molar-refractivity contribution in [2.75, 3.05) is 6.54 Å². The van der Waals surface area contributed by atoms with E-state index in [2.05, 4.69) is 34.2 Å². The van der Waals surface area contributed by atoms with E-state index in [0.29, 0.717) is 6.04 Å². The van der Waals surface area contributed by atoms with Crippen LogP contribution in [0.2, 0.25) is 0 Å². The lowest BCUT2D eigenvalue weighted by molar-refractivity contribution is 0.274. The molecule has 2 bridgehead atoms. The molecule has 1 N–H and O–H groups in total. The van der Waals surface area contributed by atoms with Crippen molar-refractivity contribution in [3.63, 3.8) is 0 Å². The van der Waals surface area contributed by atoms with Crippen molar-refractivity contribution >= 4 is 0 Å². The number of hydrogen-bond donors (Lipinski definition) is 1. The molecule has 0 aliphatic heterocycles. The standard InChI is InChI=1S/C16H28N4/c1-3-7-20-16(11-18-19-20)15(17-4-2)10-14-9-12-5-6-13(14)8-12/h11-15,17H,3-10H2,1-2H3. The summed E-state index contributed by atoms with van der Waals surface area (Å²) in [5.74, 6) is 2.95. The van der Waals surface area contributed by atoms with E-state index in [1.165, 1.54) is 37.8 Å². The number of fused-ring (bicyclic) bond motifs is 2. The van der Waals surface area contributed by atoms with Crippen molar-refractivity contribution in [2.45, 2.75) is 65.0 Å². The molecule has 1 aromatic heterocycles. The second-order valence-electron chi connectivity index (χ2n) is 6.66. The molecule has 4 heteroatoms. The van der Waals surface area contributed by atoms with Crippen molar-refractivity contribution in [2.24, 2.45) is 17.8 Å². The molecule has 0 aromatic carbocycles. The Morgan fingerprint density at radius 2 is 2.25 bits per heavy atom. The summed E-state index contributed by atoms with van der Waals surface area (Å²) < 4.78 is 2.10. The van der Waals surface area contributed by atoms with Crippen molar-refractivity contribution < 1.29 is 0 Å². The van der Waals surface area contributed by atoms with Crippen LogP contribution in [0, 0.1) is 17.8 Å². The number of aryl methyl sites for hydroxylation is 1. The van der Waals surface area contributed by atoms with Gasteiger partial charge in [-0.1, -0.05) is 25.5 Å². The first-order valence-corrected chi connectivity index (χ1v) is 8.43. The van der Waals surface area contributed by atoms with Crippen LogP contribution in [0.25, 0.3) is 0 Å². The van der Waals surface area contributed by atoms with Gasteiger partial charge in [0.15, 0.2) is 0 Å². The molecule has 112 valence electrons. The van der Waals surface area contributed by atoms with E-state index in [1.807, 2.05) is 6.20 Å². The summed E-state index contributed by atoms with van der Waals surface area (Å²) in [5, 5.41) is 12.1. The Kier molecular flexibility index (Phi) is 4.39. The quantitative estimate of drug-likeness (QED) is 0.832. The zero-order chi connectivity index (χ0) is 13.9. The highest BCUT2D eigenvalue weighted by Crippen LogP contribution is 2.50. The van der Waals surface area contributed by atoms with E-state index in [4.69, 9.17) is 0 Å². The topological polar surface area (TPSA) is 42.7 Å². The molecule has 2 fully saturated rings. The first kappa shape index (κ1) is 14.1. The molecule has 4 atom stereocenters. The van der Waals surface area contributed by atoms with Gasteiger partial charge in [-0.2, -0.15) is 0 Å². The second kappa shape index (κ2) is 6.25. The molecular weight excluding hydrogens is 248 g/mol. The Morgan fingerprint density at radius 1 is 1.35 bits per heavy atom. The first-order chi connectivity index (χ1) is 9.81. The Balaban J connectivity index is 1.70. The summed E-state index contributed by atoms with van der Waals surface area (Å²) in [4.78, 5) is 0. The monoisotopic (exact) mass is 276 g/mol. The van der Waals surface area contributed by atoms with Crippen LogP contribution >= 0.6 is 0 Å². The van der Waals surface area contributed by atoms with Gasteiger partial charge >= 0.3 is 0 Å². The lowest BCUT2D eigenvalue weighted by Crippen LogP contribution is -2.27. The van der Waals surface area contributed by atoms with Crippen LogP contribution in [0.5, 0.6) is 0 Å². The van der Waals surface area contributed by atoms with Crippen molar-refractivity contribution in [1.82, 2.24) is 20.3 Å². The van der Waals surface area contributed by atoms with Gasteiger partial charge in [-0.3, -0.25) is 0 Å². The van der Waals surface area contributed by atoms with Crippen LogP contribution < -0.4 is 5.32 Å². The highest BCUT2D eigenvalue weighted by Gasteiger charge is 2.40. The number of rotatable bonds is 7. The van der Waals surface area contributed by atoms with Gasteiger partial charge < -0.3 is 5.32 Å². The van der Waals surface area contributed by atoms with Gasteiger partial charge in [0.05, 0.1) is 17.9 Å². The first-order valence-electron chi connectivity index (χ1n) is 8.43. The maximum absolute atomic E-state index is 4.26. The van der Waals surface area contributed by atoms with Crippen LogP contribution in [0.4, 0.5) is 0 Å². The highest BCUT2D eigenvalue weighted by molar-refractivity contribution is 5.04. The van der Waals surface area contributed by atoms with Gasteiger partial charge in [0.25, 0.3) is 0 Å². The van der Waals surface area contributed by atoms with E-state index >= 15 is 0 Å². The molecule has 0 saturated heterocycles. The molecule has 0 radical (unpaired) electrons. The minimum atomic E-state index is 0.436. The van der Waals surface area contributed by atoms with Crippen molar-refractivity contribution in [1.29, 1.82) is 0 Å². The third-order valence-corrected chi connectivity index (χ3v) is 5.31. The third kappa shape index (κ3) is 2.76. The van der Waals surface area contributed by atoms with Gasteiger partial charge in [0.1, 0.15) is 0 Å². The van der Waals surface area contributed by atoms with E-state index in [0.717, 1.165) is 37.3 Å². The average molecular weight is 276 g/mol. The minimum absolute atomic E-state index is 0.436. The number of nitrogens with zero attached hydrogens (tertiary/aromatic N) is 3. The number of hydrogen-bond acceptors (Lipinski definition) is 3. The fraction of sp³-hybridized carbons (Fsp3) is 0.875. The predicted molar refractivity (Wildman–Crippen MR) is 80.3 cm³/mol. The molecule has 3 rings (SSSR count). The Morgan fingerprint density at radius 3 is 2.90 bits per heavy atom. The number of aromatic nitrogens is 3. The van der Waals surface area contributed by atoms with Crippen LogP contribution in [-0.4, -0.2) is 21.5 Å². The van der Waals surface area contributed by atoms with Crippen molar-refractivity contribution in [3.8, 4) is 0 Å². The van der Waals surface area contributed by atoms with E-state index in [1.54, 1.807) is 0 Å². The molecule has 20 heavy (non-hydrogen) atoms.